The summed E-state index contributed by atoms with van der Waals surface area (Å²) in [5.74, 6) is 0. The topological polar surface area (TPSA) is 29.5 Å². The molecule has 49 valence electrons. The molecule has 1 aliphatic heterocycles. The molecule has 1 aliphatic rings. The van der Waals surface area contributed by atoms with Gasteiger partial charge in [-0.2, -0.15) is 0 Å². The first kappa shape index (κ1) is 5.95. The van der Waals surface area contributed by atoms with Crippen LogP contribution in [0.2, 0.25) is 0 Å². The van der Waals surface area contributed by atoms with Crippen molar-refractivity contribution >= 4 is 12.6 Å². The lowest BCUT2D eigenvalue weighted by Crippen LogP contribution is -2.27. The van der Waals surface area contributed by atoms with Crippen molar-refractivity contribution in [2.75, 3.05) is 0 Å². The summed E-state index contributed by atoms with van der Waals surface area (Å²) in [4.78, 5) is 0. The van der Waals surface area contributed by atoms with Crippen molar-refractivity contribution in [3.8, 4) is 0 Å². The van der Waals surface area contributed by atoms with Crippen LogP contribution >= 0.6 is 0 Å². The van der Waals surface area contributed by atoms with Crippen LogP contribution in [0.4, 0.5) is 0 Å². The average Bonchev–Trinajstić information content (AvgIpc) is 2.34. The highest BCUT2D eigenvalue weighted by atomic mass is 16.5. The normalized spacial score (nSPS) is 15.5. The second kappa shape index (κ2) is 2.11. The van der Waals surface area contributed by atoms with Gasteiger partial charge in [-0.1, -0.05) is 12.1 Å². The molecule has 1 heterocycles. The molecule has 2 nitrogen and oxygen atoms in total. The summed E-state index contributed by atoms with van der Waals surface area (Å²) in [5, 5.41) is 9.15. The number of benzene rings is 1. The summed E-state index contributed by atoms with van der Waals surface area (Å²) >= 11 is 0. The fourth-order valence-electron chi connectivity index (χ4n) is 1.10. The fraction of sp³-hybridized carbons (Fsp3) is 0.143. The Hall–Kier alpha value is -0.795. The van der Waals surface area contributed by atoms with E-state index in [1.807, 2.05) is 12.1 Å². The minimum absolute atomic E-state index is 0.508. The molecule has 0 bridgehead atoms. The monoisotopic (exact) mass is 133 g/mol. The van der Waals surface area contributed by atoms with E-state index in [1.165, 1.54) is 0 Å². The zero-order chi connectivity index (χ0) is 6.97. The maximum Gasteiger partial charge on any atom is 0.491 e. The zero-order valence-electron chi connectivity index (χ0n) is 5.37. The predicted octanol–water partition coefficient (Wildman–Crippen LogP) is -0.296. The van der Waals surface area contributed by atoms with Gasteiger partial charge in [-0.05, 0) is 23.2 Å². The van der Waals surface area contributed by atoms with Gasteiger partial charge in [-0.3, -0.25) is 0 Å². The molecule has 0 saturated heterocycles. The molecular weight excluding hydrogens is 127 g/mol. The molecule has 10 heavy (non-hydrogen) atoms. The Bertz CT molecular complexity index is 249. The van der Waals surface area contributed by atoms with Crippen molar-refractivity contribution in [2.45, 2.75) is 6.61 Å². The lowest BCUT2D eigenvalue weighted by molar-refractivity contribution is 0.275. The molecule has 2 rings (SSSR count). The molecule has 3 heteroatoms. The first-order chi connectivity index (χ1) is 4.88. The molecule has 0 fully saturated rings. The Kier molecular flexibility index (Phi) is 1.26. The van der Waals surface area contributed by atoms with E-state index >= 15 is 0 Å². The second-order valence-corrected chi connectivity index (χ2v) is 2.29. The van der Waals surface area contributed by atoms with E-state index in [0.29, 0.717) is 6.61 Å². The van der Waals surface area contributed by atoms with E-state index in [-0.39, 0.29) is 0 Å². The minimum Gasteiger partial charge on any atom is -0.423 e. The van der Waals surface area contributed by atoms with Crippen molar-refractivity contribution in [1.82, 2.24) is 0 Å². The van der Waals surface area contributed by atoms with Crippen LogP contribution < -0.4 is 5.46 Å². The highest BCUT2D eigenvalue weighted by Crippen LogP contribution is 2.07. The Morgan fingerprint density at radius 2 is 2.60 bits per heavy atom. The Morgan fingerprint density at radius 1 is 1.70 bits per heavy atom. The van der Waals surface area contributed by atoms with E-state index < -0.39 is 7.12 Å². The third-order valence-corrected chi connectivity index (χ3v) is 1.65. The number of hydrogen-bond donors (Lipinski definition) is 1. The quantitative estimate of drug-likeness (QED) is 0.492. The third kappa shape index (κ3) is 0.752. The standard InChI is InChI=1S/C7H6BO2/c9-8-7-4-2-1-3-6(7)5-10-8/h2-4,9H,5H2. The van der Waals surface area contributed by atoms with Gasteiger partial charge in [0.1, 0.15) is 0 Å². The lowest BCUT2D eigenvalue weighted by Gasteiger charge is -1.93. The van der Waals surface area contributed by atoms with Crippen LogP contribution in [0.5, 0.6) is 0 Å². The molecule has 1 N–H and O–H groups in total. The largest absolute Gasteiger partial charge is 0.491 e. The van der Waals surface area contributed by atoms with Gasteiger partial charge in [0.25, 0.3) is 0 Å². The molecule has 0 atom stereocenters. The second-order valence-electron chi connectivity index (χ2n) is 2.29. The zero-order valence-corrected chi connectivity index (χ0v) is 5.37. The van der Waals surface area contributed by atoms with Gasteiger partial charge in [-0.15, -0.1) is 0 Å². The number of hydrogen-bond acceptors (Lipinski definition) is 2. The van der Waals surface area contributed by atoms with Crippen molar-refractivity contribution in [1.29, 1.82) is 0 Å². The fourth-order valence-corrected chi connectivity index (χ4v) is 1.10. The van der Waals surface area contributed by atoms with Gasteiger partial charge in [-0.25, -0.2) is 0 Å². The molecular formula is C7H6BO2. The summed E-state index contributed by atoms with van der Waals surface area (Å²) in [6.07, 6.45) is 0. The molecule has 0 spiro atoms. The summed E-state index contributed by atoms with van der Waals surface area (Å²) in [7, 11) is -0.718. The van der Waals surface area contributed by atoms with E-state index in [0.717, 1.165) is 11.0 Å². The first-order valence-electron chi connectivity index (χ1n) is 3.16. The summed E-state index contributed by atoms with van der Waals surface area (Å²) < 4.78 is 4.96. The van der Waals surface area contributed by atoms with E-state index in [1.54, 1.807) is 6.07 Å². The average molecular weight is 133 g/mol. The first-order valence-corrected chi connectivity index (χ1v) is 3.16. The van der Waals surface area contributed by atoms with Crippen LogP contribution in [0.25, 0.3) is 0 Å². The molecule has 0 aromatic heterocycles. The SMILES string of the molecule is OB1OCc2c[c]ccc21. The molecule has 0 aliphatic carbocycles. The van der Waals surface area contributed by atoms with Crippen LogP contribution in [0.3, 0.4) is 0 Å². The molecule has 0 saturated carbocycles. The van der Waals surface area contributed by atoms with Crippen LogP contribution in [0.1, 0.15) is 5.56 Å². The van der Waals surface area contributed by atoms with Gasteiger partial charge >= 0.3 is 7.12 Å². The van der Waals surface area contributed by atoms with Crippen molar-refractivity contribution in [3.05, 3.63) is 29.8 Å². The summed E-state index contributed by atoms with van der Waals surface area (Å²) in [6, 6.07) is 8.36. The van der Waals surface area contributed by atoms with Gasteiger partial charge in [0, 0.05) is 0 Å². The Morgan fingerprint density at radius 3 is 3.40 bits per heavy atom. The summed E-state index contributed by atoms with van der Waals surface area (Å²) in [6.45, 7) is 0.508. The third-order valence-electron chi connectivity index (χ3n) is 1.65. The minimum atomic E-state index is -0.718. The van der Waals surface area contributed by atoms with Crippen LogP contribution in [-0.4, -0.2) is 12.1 Å². The molecule has 1 aromatic rings. The maximum absolute atomic E-state index is 9.15. The lowest BCUT2D eigenvalue weighted by atomic mass is 9.80. The molecule has 0 amide bonds. The number of rotatable bonds is 0. The smallest absolute Gasteiger partial charge is 0.423 e. The van der Waals surface area contributed by atoms with Crippen LogP contribution in [-0.2, 0) is 11.3 Å². The molecule has 1 aromatic carbocycles. The highest BCUT2D eigenvalue weighted by Gasteiger charge is 2.25. The highest BCUT2D eigenvalue weighted by molar-refractivity contribution is 6.61. The summed E-state index contributed by atoms with van der Waals surface area (Å²) in [5.41, 5.74) is 1.91. The Labute approximate surface area is 59.6 Å². The van der Waals surface area contributed by atoms with Crippen molar-refractivity contribution in [3.63, 3.8) is 0 Å². The van der Waals surface area contributed by atoms with Gasteiger partial charge in [0.15, 0.2) is 0 Å². The Balaban J connectivity index is 2.51. The van der Waals surface area contributed by atoms with Crippen LogP contribution in [0, 0.1) is 6.07 Å². The van der Waals surface area contributed by atoms with Crippen molar-refractivity contribution in [2.24, 2.45) is 0 Å². The van der Waals surface area contributed by atoms with E-state index in [9.17, 15) is 0 Å². The van der Waals surface area contributed by atoms with Crippen LogP contribution in [0.15, 0.2) is 18.2 Å². The maximum atomic E-state index is 9.15. The molecule has 1 radical (unpaired) electrons. The van der Waals surface area contributed by atoms with E-state index in [4.69, 9.17) is 9.68 Å². The van der Waals surface area contributed by atoms with Gasteiger partial charge in [0.2, 0.25) is 0 Å². The van der Waals surface area contributed by atoms with Gasteiger partial charge in [0.05, 0.1) is 6.61 Å². The van der Waals surface area contributed by atoms with Crippen molar-refractivity contribution < 1.29 is 9.68 Å². The predicted molar refractivity (Wildman–Crippen MR) is 37.7 cm³/mol. The van der Waals surface area contributed by atoms with E-state index in [2.05, 4.69) is 6.07 Å². The number of fused-ring (bicyclic) bond motifs is 1. The molecule has 0 unspecified atom stereocenters. The van der Waals surface area contributed by atoms with Gasteiger partial charge < -0.3 is 9.68 Å².